The molecule has 1 aromatic carbocycles. The van der Waals surface area contributed by atoms with Crippen LogP contribution in [0.2, 0.25) is 0 Å². The smallest absolute Gasteiger partial charge is 0.251 e. The number of H-pyrrole nitrogens is 1. The third-order valence-corrected chi connectivity index (χ3v) is 4.90. The zero-order valence-corrected chi connectivity index (χ0v) is 14.0. The van der Waals surface area contributed by atoms with E-state index in [1.54, 1.807) is 0 Å². The van der Waals surface area contributed by atoms with Gasteiger partial charge in [0.15, 0.2) is 11.4 Å². The Bertz CT molecular complexity index is 1160. The number of aromatic nitrogens is 4. The molecule has 1 fully saturated rings. The van der Waals surface area contributed by atoms with E-state index >= 15 is 0 Å². The second kappa shape index (κ2) is 5.94. The first kappa shape index (κ1) is 15.1. The van der Waals surface area contributed by atoms with E-state index in [2.05, 4.69) is 25.3 Å². The molecular formula is C19H17N5O2. The van der Waals surface area contributed by atoms with Gasteiger partial charge >= 0.3 is 0 Å². The fourth-order valence-electron chi connectivity index (χ4n) is 3.32. The molecule has 1 aliphatic carbocycles. The first-order valence-corrected chi connectivity index (χ1v) is 8.74. The third kappa shape index (κ3) is 2.52. The number of benzene rings is 1. The van der Waals surface area contributed by atoms with E-state index in [4.69, 9.17) is 4.42 Å². The Balaban J connectivity index is 1.47. The maximum atomic E-state index is 11.9. The largest absolute Gasteiger partial charge is 0.450 e. The van der Waals surface area contributed by atoms with Gasteiger partial charge < -0.3 is 14.7 Å². The van der Waals surface area contributed by atoms with Crippen molar-refractivity contribution in [3.63, 3.8) is 0 Å². The van der Waals surface area contributed by atoms with Crippen molar-refractivity contribution in [2.24, 2.45) is 0 Å². The van der Waals surface area contributed by atoms with Crippen molar-refractivity contribution >= 4 is 27.9 Å². The number of furan rings is 1. The van der Waals surface area contributed by atoms with Crippen molar-refractivity contribution in [1.29, 1.82) is 0 Å². The number of para-hydroxylation sites is 1. The molecule has 0 bridgehead atoms. The standard InChI is InChI=1S/C19H17N5O2/c25-15-8-12(23-18(24-15)11-4-3-5-11)9-20-19-17-16(21-10-22-19)13-6-1-2-7-14(13)26-17/h1-2,6-8,10-11H,3-5,9H2,(H,20,21,22)(H,23,24,25). The molecule has 1 aliphatic rings. The van der Waals surface area contributed by atoms with Crippen molar-refractivity contribution in [3.05, 3.63) is 58.5 Å². The minimum atomic E-state index is -0.115. The highest BCUT2D eigenvalue weighted by atomic mass is 16.3. The van der Waals surface area contributed by atoms with Crippen LogP contribution in [0, 0.1) is 0 Å². The number of nitrogens with one attached hydrogen (secondary N) is 2. The first-order chi connectivity index (χ1) is 12.8. The summed E-state index contributed by atoms with van der Waals surface area (Å²) in [6, 6.07) is 9.28. The van der Waals surface area contributed by atoms with Crippen LogP contribution < -0.4 is 10.9 Å². The highest BCUT2D eigenvalue weighted by molar-refractivity contribution is 6.05. The maximum absolute atomic E-state index is 11.9. The molecule has 0 radical (unpaired) electrons. The van der Waals surface area contributed by atoms with E-state index in [-0.39, 0.29) is 5.56 Å². The molecule has 0 saturated heterocycles. The van der Waals surface area contributed by atoms with Crippen molar-refractivity contribution in [2.45, 2.75) is 31.7 Å². The SMILES string of the molecule is O=c1cc(CNc2ncnc3c2oc2ccccc23)nc(C2CCC2)[nH]1. The molecular weight excluding hydrogens is 330 g/mol. The Morgan fingerprint density at radius 3 is 2.96 bits per heavy atom. The lowest BCUT2D eigenvalue weighted by atomic mass is 9.85. The highest BCUT2D eigenvalue weighted by Gasteiger charge is 2.22. The summed E-state index contributed by atoms with van der Waals surface area (Å²) in [7, 11) is 0. The summed E-state index contributed by atoms with van der Waals surface area (Å²) in [5.74, 6) is 1.76. The summed E-state index contributed by atoms with van der Waals surface area (Å²) in [6.45, 7) is 0.396. The van der Waals surface area contributed by atoms with Gasteiger partial charge in [0, 0.05) is 17.4 Å². The third-order valence-electron chi connectivity index (χ3n) is 4.90. The average Bonchev–Trinajstić information content (AvgIpc) is 2.97. The van der Waals surface area contributed by atoms with Crippen LogP contribution in [0.3, 0.4) is 0 Å². The molecule has 0 aliphatic heterocycles. The van der Waals surface area contributed by atoms with Crippen LogP contribution in [-0.4, -0.2) is 19.9 Å². The van der Waals surface area contributed by atoms with Gasteiger partial charge in [-0.3, -0.25) is 4.79 Å². The molecule has 3 aromatic heterocycles. The topological polar surface area (TPSA) is 96.7 Å². The quantitative estimate of drug-likeness (QED) is 0.588. The second-order valence-electron chi connectivity index (χ2n) is 6.60. The average molecular weight is 347 g/mol. The van der Waals surface area contributed by atoms with E-state index in [1.165, 1.54) is 18.8 Å². The predicted octanol–water partition coefficient (Wildman–Crippen LogP) is 3.34. The number of rotatable bonds is 4. The summed E-state index contributed by atoms with van der Waals surface area (Å²) < 4.78 is 5.91. The van der Waals surface area contributed by atoms with Gasteiger partial charge in [0.2, 0.25) is 0 Å². The number of nitrogens with zero attached hydrogens (tertiary/aromatic N) is 3. The van der Waals surface area contributed by atoms with Gasteiger partial charge in [0.25, 0.3) is 5.56 Å². The van der Waals surface area contributed by atoms with Gasteiger partial charge in [-0.1, -0.05) is 18.6 Å². The van der Waals surface area contributed by atoms with Crippen LogP contribution in [-0.2, 0) is 6.54 Å². The summed E-state index contributed by atoms with van der Waals surface area (Å²) in [4.78, 5) is 28.0. The molecule has 7 heteroatoms. The molecule has 5 rings (SSSR count). The molecule has 2 N–H and O–H groups in total. The van der Waals surface area contributed by atoms with Crippen molar-refractivity contribution in [2.75, 3.05) is 5.32 Å². The van der Waals surface area contributed by atoms with Crippen LogP contribution in [0.15, 0.2) is 45.9 Å². The highest BCUT2D eigenvalue weighted by Crippen LogP contribution is 2.34. The number of anilines is 1. The lowest BCUT2D eigenvalue weighted by Crippen LogP contribution is -2.20. The van der Waals surface area contributed by atoms with Gasteiger partial charge in [0.1, 0.15) is 23.3 Å². The van der Waals surface area contributed by atoms with Crippen LogP contribution in [0.4, 0.5) is 5.82 Å². The van der Waals surface area contributed by atoms with Gasteiger partial charge in [0.05, 0.1) is 12.2 Å². The molecule has 1 saturated carbocycles. The molecule has 0 unspecified atom stereocenters. The molecule has 7 nitrogen and oxygen atoms in total. The summed E-state index contributed by atoms with van der Waals surface area (Å²) >= 11 is 0. The van der Waals surface area contributed by atoms with E-state index < -0.39 is 0 Å². The van der Waals surface area contributed by atoms with Crippen molar-refractivity contribution < 1.29 is 4.42 Å². The summed E-state index contributed by atoms with van der Waals surface area (Å²) in [5.41, 5.74) is 2.73. The molecule has 3 heterocycles. The Kier molecular flexibility index (Phi) is 3.44. The summed E-state index contributed by atoms with van der Waals surface area (Å²) in [5, 5.41) is 4.19. The first-order valence-electron chi connectivity index (χ1n) is 8.74. The van der Waals surface area contributed by atoms with E-state index in [0.29, 0.717) is 29.6 Å². The number of aromatic amines is 1. The summed E-state index contributed by atoms with van der Waals surface area (Å²) in [6.07, 6.45) is 4.89. The van der Waals surface area contributed by atoms with Gasteiger partial charge in [-0.15, -0.1) is 0 Å². The van der Waals surface area contributed by atoms with Crippen LogP contribution >= 0.6 is 0 Å². The zero-order chi connectivity index (χ0) is 17.5. The van der Waals surface area contributed by atoms with E-state index in [1.807, 2.05) is 24.3 Å². The fourth-order valence-corrected chi connectivity index (χ4v) is 3.32. The number of hydrogen-bond acceptors (Lipinski definition) is 6. The van der Waals surface area contributed by atoms with E-state index in [0.717, 1.165) is 35.2 Å². The van der Waals surface area contributed by atoms with Crippen LogP contribution in [0.5, 0.6) is 0 Å². The fraction of sp³-hybridized carbons (Fsp3) is 0.263. The monoisotopic (exact) mass is 347 g/mol. The minimum Gasteiger partial charge on any atom is -0.450 e. The van der Waals surface area contributed by atoms with Gasteiger partial charge in [-0.2, -0.15) is 0 Å². The van der Waals surface area contributed by atoms with Crippen molar-refractivity contribution in [1.82, 2.24) is 19.9 Å². The predicted molar refractivity (Wildman–Crippen MR) is 98.1 cm³/mol. The molecule has 130 valence electrons. The van der Waals surface area contributed by atoms with Gasteiger partial charge in [-0.05, 0) is 25.0 Å². The minimum absolute atomic E-state index is 0.115. The lowest BCUT2D eigenvalue weighted by molar-refractivity contribution is 0.399. The van der Waals surface area contributed by atoms with Crippen LogP contribution in [0.25, 0.3) is 22.1 Å². The molecule has 0 atom stereocenters. The Hall–Kier alpha value is -3.22. The second-order valence-corrected chi connectivity index (χ2v) is 6.60. The molecule has 4 aromatic rings. The molecule has 26 heavy (non-hydrogen) atoms. The lowest BCUT2D eigenvalue weighted by Gasteiger charge is -2.24. The van der Waals surface area contributed by atoms with E-state index in [9.17, 15) is 4.79 Å². The zero-order valence-electron chi connectivity index (χ0n) is 14.0. The Morgan fingerprint density at radius 1 is 1.23 bits per heavy atom. The number of hydrogen-bond donors (Lipinski definition) is 2. The molecule has 0 amide bonds. The normalized spacial score (nSPS) is 14.6. The number of fused-ring (bicyclic) bond motifs is 3. The van der Waals surface area contributed by atoms with Crippen LogP contribution in [0.1, 0.15) is 36.7 Å². The maximum Gasteiger partial charge on any atom is 0.251 e. The Labute approximate surface area is 148 Å². The van der Waals surface area contributed by atoms with Gasteiger partial charge in [-0.25, -0.2) is 15.0 Å². The molecule has 0 spiro atoms. The van der Waals surface area contributed by atoms with Crippen molar-refractivity contribution in [3.8, 4) is 0 Å². The Morgan fingerprint density at radius 2 is 2.12 bits per heavy atom.